The number of alkyl halides is 2. The second-order valence-corrected chi connectivity index (χ2v) is 6.75. The lowest BCUT2D eigenvalue weighted by Crippen LogP contribution is -2.34. The molecule has 0 bridgehead atoms. The lowest BCUT2D eigenvalue weighted by atomic mass is 9.80. The molecule has 2 rings (SSSR count). The lowest BCUT2D eigenvalue weighted by Gasteiger charge is -2.31. The van der Waals surface area contributed by atoms with E-state index in [-0.39, 0.29) is 5.41 Å². The number of rotatable bonds is 6. The Bertz CT molecular complexity index is 592. The highest BCUT2D eigenvalue weighted by Gasteiger charge is 2.33. The maximum Gasteiger partial charge on any atom is 0.0847 e. The topological polar surface area (TPSA) is 17.8 Å². The van der Waals surface area contributed by atoms with Gasteiger partial charge < -0.3 is 0 Å². The quantitative estimate of drug-likeness (QED) is 0.576. The van der Waals surface area contributed by atoms with Crippen LogP contribution in [0.5, 0.6) is 0 Å². The first-order valence-corrected chi connectivity index (χ1v) is 9.59. The summed E-state index contributed by atoms with van der Waals surface area (Å²) in [6.45, 7) is 4.89. The molecule has 0 unspecified atom stereocenters. The van der Waals surface area contributed by atoms with Gasteiger partial charge in [0.15, 0.2) is 0 Å². The fraction of sp³-hybridized carbons (Fsp3) is 0.438. The van der Waals surface area contributed by atoms with E-state index in [2.05, 4.69) is 68.1 Å². The average molecular weight is 435 g/mol. The zero-order chi connectivity index (χ0) is 15.5. The van der Waals surface area contributed by atoms with Crippen molar-refractivity contribution in [2.45, 2.75) is 32.2 Å². The smallest absolute Gasteiger partial charge is 0.0847 e. The zero-order valence-corrected chi connectivity index (χ0v) is 16.2. The van der Waals surface area contributed by atoms with Gasteiger partial charge in [-0.15, -0.1) is 0 Å². The number of benzene rings is 1. The van der Waals surface area contributed by atoms with Crippen LogP contribution in [0.15, 0.2) is 30.3 Å². The van der Waals surface area contributed by atoms with Crippen molar-refractivity contribution < 1.29 is 0 Å². The van der Waals surface area contributed by atoms with Crippen molar-refractivity contribution >= 4 is 43.5 Å². The molecule has 0 N–H and O–H groups in total. The monoisotopic (exact) mass is 432 g/mol. The van der Waals surface area contributed by atoms with Crippen molar-refractivity contribution in [2.75, 3.05) is 10.7 Å². The summed E-state index contributed by atoms with van der Waals surface area (Å²) < 4.78 is 2.01. The van der Waals surface area contributed by atoms with Crippen LogP contribution < -0.4 is 0 Å². The third-order valence-corrected chi connectivity index (χ3v) is 6.49. The van der Waals surface area contributed by atoms with Crippen molar-refractivity contribution in [1.29, 1.82) is 0 Å². The van der Waals surface area contributed by atoms with E-state index in [1.165, 1.54) is 5.56 Å². The molecule has 0 aliphatic heterocycles. The van der Waals surface area contributed by atoms with E-state index in [1.807, 2.05) is 17.7 Å². The van der Waals surface area contributed by atoms with Crippen LogP contribution in [0.1, 0.15) is 23.9 Å². The van der Waals surface area contributed by atoms with Crippen LogP contribution >= 0.6 is 43.5 Å². The second-order valence-electron chi connectivity index (χ2n) is 5.25. The van der Waals surface area contributed by atoms with E-state index in [9.17, 15) is 0 Å². The van der Waals surface area contributed by atoms with Crippen LogP contribution in [0, 0.1) is 6.92 Å². The summed E-state index contributed by atoms with van der Waals surface area (Å²) in [7, 11) is 0. The van der Waals surface area contributed by atoms with Gasteiger partial charge in [0.2, 0.25) is 0 Å². The molecule has 2 nitrogen and oxygen atoms in total. The molecule has 0 saturated heterocycles. The molecule has 5 heteroatoms. The zero-order valence-electron chi connectivity index (χ0n) is 12.2. The normalized spacial score (nSPS) is 11.9. The predicted octanol–water partition coefficient (Wildman–Crippen LogP) is 5.14. The Morgan fingerprint density at radius 3 is 2.33 bits per heavy atom. The van der Waals surface area contributed by atoms with E-state index in [0.717, 1.165) is 40.0 Å². The van der Waals surface area contributed by atoms with Crippen molar-refractivity contribution in [3.63, 3.8) is 0 Å². The Kier molecular flexibility index (Phi) is 5.92. The Morgan fingerprint density at radius 1 is 1.19 bits per heavy atom. The number of aryl methyl sites for hydroxylation is 2. The van der Waals surface area contributed by atoms with E-state index < -0.39 is 0 Å². The number of hydrogen-bond donors (Lipinski definition) is 0. The van der Waals surface area contributed by atoms with E-state index in [0.29, 0.717) is 0 Å². The van der Waals surface area contributed by atoms with Gasteiger partial charge in [-0.2, -0.15) is 5.10 Å². The number of hydrogen-bond acceptors (Lipinski definition) is 1. The molecule has 0 radical (unpaired) electrons. The van der Waals surface area contributed by atoms with Crippen LogP contribution in [-0.4, -0.2) is 20.4 Å². The Balaban J connectivity index is 2.46. The Morgan fingerprint density at radius 2 is 1.81 bits per heavy atom. The molecular weight excluding hydrogens is 415 g/mol. The Hall–Kier alpha value is -0.320. The first-order chi connectivity index (χ1) is 10.1. The molecule has 0 aliphatic carbocycles. The summed E-state index contributed by atoms with van der Waals surface area (Å²) in [5, 5.41) is 7.04. The van der Waals surface area contributed by atoms with Crippen molar-refractivity contribution in [3.05, 3.63) is 52.3 Å². The standard InChI is InChI=1S/C16H19Br2ClN2/c1-3-21-14(15(19)12(2)20-21)9-16(10-17,11-18)13-7-5-4-6-8-13/h4-8H,3,9-11H2,1-2H3. The van der Waals surface area contributed by atoms with E-state index >= 15 is 0 Å². The molecule has 0 amide bonds. The van der Waals surface area contributed by atoms with Crippen molar-refractivity contribution in [1.82, 2.24) is 9.78 Å². The molecule has 0 saturated carbocycles. The molecule has 0 aliphatic rings. The fourth-order valence-corrected chi connectivity index (χ4v) is 4.71. The Labute approximate surface area is 148 Å². The second kappa shape index (κ2) is 7.30. The third kappa shape index (κ3) is 3.38. The molecule has 0 fully saturated rings. The third-order valence-electron chi connectivity index (χ3n) is 3.86. The molecule has 0 spiro atoms. The summed E-state index contributed by atoms with van der Waals surface area (Å²) >= 11 is 13.9. The van der Waals surface area contributed by atoms with Crippen LogP contribution in [-0.2, 0) is 18.4 Å². The van der Waals surface area contributed by atoms with Gasteiger partial charge in [-0.3, -0.25) is 4.68 Å². The lowest BCUT2D eigenvalue weighted by molar-refractivity contribution is 0.508. The molecule has 2 aromatic rings. The average Bonchev–Trinajstić information content (AvgIpc) is 2.80. The summed E-state index contributed by atoms with van der Waals surface area (Å²) in [5.74, 6) is 0. The maximum absolute atomic E-state index is 6.49. The number of nitrogens with zero attached hydrogens (tertiary/aromatic N) is 2. The highest BCUT2D eigenvalue weighted by molar-refractivity contribution is 9.09. The van der Waals surface area contributed by atoms with E-state index in [4.69, 9.17) is 11.6 Å². The van der Waals surface area contributed by atoms with Gasteiger partial charge in [0.05, 0.1) is 16.4 Å². The predicted molar refractivity (Wildman–Crippen MR) is 97.1 cm³/mol. The van der Waals surface area contributed by atoms with Crippen molar-refractivity contribution in [3.8, 4) is 0 Å². The number of halogens is 3. The number of aromatic nitrogens is 2. The van der Waals surface area contributed by atoms with Crippen LogP contribution in [0.4, 0.5) is 0 Å². The fourth-order valence-electron chi connectivity index (χ4n) is 2.54. The van der Waals surface area contributed by atoms with Gasteiger partial charge in [-0.1, -0.05) is 73.8 Å². The highest BCUT2D eigenvalue weighted by Crippen LogP contribution is 2.35. The van der Waals surface area contributed by atoms with Gasteiger partial charge in [0.1, 0.15) is 0 Å². The summed E-state index contributed by atoms with van der Waals surface area (Å²) in [4.78, 5) is 0. The summed E-state index contributed by atoms with van der Waals surface area (Å²) in [5.41, 5.74) is 3.28. The maximum atomic E-state index is 6.49. The SMILES string of the molecule is CCn1nc(C)c(Cl)c1CC(CBr)(CBr)c1ccccc1. The van der Waals surface area contributed by atoms with Crippen LogP contribution in [0.25, 0.3) is 0 Å². The van der Waals surface area contributed by atoms with Crippen LogP contribution in [0.2, 0.25) is 5.02 Å². The van der Waals surface area contributed by atoms with Gasteiger partial charge in [0.25, 0.3) is 0 Å². The molecule has 1 aromatic carbocycles. The molecule has 21 heavy (non-hydrogen) atoms. The van der Waals surface area contributed by atoms with Crippen molar-refractivity contribution in [2.24, 2.45) is 0 Å². The minimum Gasteiger partial charge on any atom is -0.268 e. The minimum absolute atomic E-state index is 0.0374. The summed E-state index contributed by atoms with van der Waals surface area (Å²) in [6.07, 6.45) is 0.848. The molecular formula is C16H19Br2ClN2. The molecule has 0 atom stereocenters. The largest absolute Gasteiger partial charge is 0.268 e. The highest BCUT2D eigenvalue weighted by atomic mass is 79.9. The summed E-state index contributed by atoms with van der Waals surface area (Å²) in [6, 6.07) is 10.6. The molecule has 1 aromatic heterocycles. The van der Waals surface area contributed by atoms with Gasteiger partial charge >= 0.3 is 0 Å². The minimum atomic E-state index is -0.0374. The molecule has 114 valence electrons. The van der Waals surface area contributed by atoms with Gasteiger partial charge in [0, 0.05) is 29.0 Å². The first kappa shape index (κ1) is 17.0. The van der Waals surface area contributed by atoms with Gasteiger partial charge in [-0.25, -0.2) is 0 Å². The van der Waals surface area contributed by atoms with Crippen LogP contribution in [0.3, 0.4) is 0 Å². The molecule has 1 heterocycles. The first-order valence-electron chi connectivity index (χ1n) is 6.97. The van der Waals surface area contributed by atoms with E-state index in [1.54, 1.807) is 0 Å². The van der Waals surface area contributed by atoms with Gasteiger partial charge in [-0.05, 0) is 19.4 Å².